The van der Waals surface area contributed by atoms with Crippen molar-refractivity contribution in [1.82, 2.24) is 0 Å². The highest BCUT2D eigenvalue weighted by Crippen LogP contribution is 2.47. The SMILES string of the molecule is c1ccc(-c2c3ccccc3c(-c3cccc4ccccc34)c3ccccc23)cc1.c1ccc2c(-c3c4ccccc4c(-c4cccc5ccccc45)c4ccccc34)cccc2c1. The zero-order valence-electron chi connectivity index (χ0n) is 35.2. The van der Waals surface area contributed by atoms with Crippen LogP contribution in [0.3, 0.4) is 0 Å². The Bertz CT molecular complexity index is 3630. The van der Waals surface area contributed by atoms with Crippen LogP contribution in [0.1, 0.15) is 0 Å². The summed E-state index contributed by atoms with van der Waals surface area (Å²) in [7, 11) is 0. The molecular weight excluding hydrogens is 769 g/mol. The van der Waals surface area contributed by atoms with Gasteiger partial charge in [-0.15, -0.1) is 0 Å². The zero-order chi connectivity index (χ0) is 42.4. The van der Waals surface area contributed by atoms with Crippen molar-refractivity contribution in [3.8, 4) is 44.5 Å². The van der Waals surface area contributed by atoms with Gasteiger partial charge >= 0.3 is 0 Å². The van der Waals surface area contributed by atoms with Crippen LogP contribution < -0.4 is 0 Å². The van der Waals surface area contributed by atoms with E-state index in [9.17, 15) is 0 Å². The summed E-state index contributed by atoms with van der Waals surface area (Å²) in [6.07, 6.45) is 0. The predicted molar refractivity (Wildman–Crippen MR) is 277 cm³/mol. The van der Waals surface area contributed by atoms with Crippen molar-refractivity contribution in [2.75, 3.05) is 0 Å². The van der Waals surface area contributed by atoms with Gasteiger partial charge in [0.25, 0.3) is 0 Å². The van der Waals surface area contributed by atoms with Crippen molar-refractivity contribution >= 4 is 75.4 Å². The Balaban J connectivity index is 0.000000136. The number of hydrogen-bond donors (Lipinski definition) is 0. The van der Waals surface area contributed by atoms with E-state index in [4.69, 9.17) is 0 Å². The average Bonchev–Trinajstić information content (AvgIpc) is 3.37. The topological polar surface area (TPSA) is 0 Å². The first-order valence-electron chi connectivity index (χ1n) is 22.2. The van der Waals surface area contributed by atoms with Crippen molar-refractivity contribution in [2.24, 2.45) is 0 Å². The van der Waals surface area contributed by atoms with Gasteiger partial charge in [0.1, 0.15) is 0 Å². The molecule has 0 amide bonds. The van der Waals surface area contributed by atoms with Gasteiger partial charge in [-0.05, 0) is 120 Å². The first kappa shape index (κ1) is 37.4. The molecule has 0 N–H and O–H groups in total. The maximum atomic E-state index is 2.29. The van der Waals surface area contributed by atoms with Crippen LogP contribution in [0.25, 0.3) is 120 Å². The number of hydrogen-bond acceptors (Lipinski definition) is 0. The fourth-order valence-electron chi connectivity index (χ4n) is 10.4. The lowest BCUT2D eigenvalue weighted by Crippen LogP contribution is -1.92. The fourth-order valence-corrected chi connectivity index (χ4v) is 10.4. The van der Waals surface area contributed by atoms with Gasteiger partial charge in [0, 0.05) is 0 Å². The Morgan fingerprint density at radius 1 is 0.141 bits per heavy atom. The van der Waals surface area contributed by atoms with Gasteiger partial charge in [-0.25, -0.2) is 0 Å². The third kappa shape index (κ3) is 6.23. The van der Waals surface area contributed by atoms with Crippen LogP contribution >= 0.6 is 0 Å². The van der Waals surface area contributed by atoms with Crippen molar-refractivity contribution in [3.63, 3.8) is 0 Å². The van der Waals surface area contributed by atoms with Crippen LogP contribution in [0.2, 0.25) is 0 Å². The lowest BCUT2D eigenvalue weighted by atomic mass is 9.84. The monoisotopic (exact) mass is 810 g/mol. The Kier molecular flexibility index (Phi) is 9.28. The summed E-state index contributed by atoms with van der Waals surface area (Å²) in [5, 5.41) is 18.0. The molecule has 0 fully saturated rings. The molecule has 0 saturated carbocycles. The predicted octanol–water partition coefficient (Wildman–Crippen LogP) is 18.1. The van der Waals surface area contributed by atoms with Crippen molar-refractivity contribution in [1.29, 1.82) is 0 Å². The molecule has 0 heterocycles. The second-order valence-electron chi connectivity index (χ2n) is 16.6. The molecule has 0 unspecified atom stereocenters. The number of fused-ring (bicyclic) bond motifs is 7. The minimum Gasteiger partial charge on any atom is -0.0622 e. The minimum atomic E-state index is 1.26. The van der Waals surface area contributed by atoms with E-state index >= 15 is 0 Å². The molecule has 0 saturated heterocycles. The van der Waals surface area contributed by atoms with Gasteiger partial charge in [-0.3, -0.25) is 0 Å². The van der Waals surface area contributed by atoms with Crippen molar-refractivity contribution in [3.05, 3.63) is 255 Å². The van der Waals surface area contributed by atoms with Gasteiger partial charge < -0.3 is 0 Å². The largest absolute Gasteiger partial charge is 0.0622 e. The molecule has 0 heteroatoms. The molecular formula is C64H42. The van der Waals surface area contributed by atoms with E-state index in [1.807, 2.05) is 0 Å². The highest BCUT2D eigenvalue weighted by atomic mass is 14.2. The molecule has 0 aromatic heterocycles. The molecule has 13 rings (SSSR count). The molecule has 0 atom stereocenters. The van der Waals surface area contributed by atoms with Crippen LogP contribution in [0.5, 0.6) is 0 Å². The normalized spacial score (nSPS) is 11.4. The molecule has 0 spiro atoms. The van der Waals surface area contributed by atoms with E-state index in [1.54, 1.807) is 0 Å². The van der Waals surface area contributed by atoms with Gasteiger partial charge in [0.2, 0.25) is 0 Å². The average molecular weight is 811 g/mol. The van der Waals surface area contributed by atoms with Gasteiger partial charge in [-0.2, -0.15) is 0 Å². The summed E-state index contributed by atoms with van der Waals surface area (Å²) in [6, 6.07) is 92.2. The molecule has 0 radical (unpaired) electrons. The minimum absolute atomic E-state index is 1.26. The lowest BCUT2D eigenvalue weighted by molar-refractivity contribution is 1.66. The van der Waals surface area contributed by atoms with E-state index in [2.05, 4.69) is 255 Å². The van der Waals surface area contributed by atoms with E-state index in [1.165, 1.54) is 120 Å². The fraction of sp³-hybridized carbons (Fsp3) is 0. The standard InChI is InChI=1S/C34H22.C30H20/c1-3-15-25-23(11-1)13-9-21-27(25)33-29-17-5-7-19-31(29)34(32-20-8-6-18-30(32)33)28-22-10-14-24-12-2-4-16-26(24)28;1-2-12-22(13-3-1)29-25-16-6-8-18-27(25)30(28-19-9-7-17-26(28)29)24-20-10-14-21-11-4-5-15-23(21)24/h1-22H;1-20H. The summed E-state index contributed by atoms with van der Waals surface area (Å²) < 4.78 is 0. The Morgan fingerprint density at radius 2 is 0.359 bits per heavy atom. The molecule has 298 valence electrons. The lowest BCUT2D eigenvalue weighted by Gasteiger charge is -2.19. The van der Waals surface area contributed by atoms with Crippen molar-refractivity contribution < 1.29 is 0 Å². The second kappa shape index (κ2) is 15.9. The highest BCUT2D eigenvalue weighted by molar-refractivity contribution is 6.26. The Morgan fingerprint density at radius 3 is 0.656 bits per heavy atom. The molecule has 0 aliphatic carbocycles. The first-order valence-corrected chi connectivity index (χ1v) is 22.2. The summed E-state index contributed by atoms with van der Waals surface area (Å²) in [6.45, 7) is 0. The maximum Gasteiger partial charge on any atom is -0.00201 e. The van der Waals surface area contributed by atoms with E-state index < -0.39 is 0 Å². The quantitative estimate of drug-likeness (QED) is 0.155. The summed E-state index contributed by atoms with van der Waals surface area (Å²) in [4.78, 5) is 0. The van der Waals surface area contributed by atoms with E-state index in [-0.39, 0.29) is 0 Å². The van der Waals surface area contributed by atoms with Gasteiger partial charge in [0.05, 0.1) is 0 Å². The molecule has 0 aliphatic rings. The number of rotatable bonds is 4. The molecule has 13 aromatic carbocycles. The molecule has 13 aromatic rings. The second-order valence-corrected chi connectivity index (χ2v) is 16.6. The molecule has 0 bridgehead atoms. The molecule has 0 aliphatic heterocycles. The van der Waals surface area contributed by atoms with Crippen LogP contribution in [-0.2, 0) is 0 Å². The smallest absolute Gasteiger partial charge is 0.00201 e. The molecule has 0 nitrogen and oxygen atoms in total. The summed E-state index contributed by atoms with van der Waals surface area (Å²) in [5.41, 5.74) is 10.4. The third-order valence-electron chi connectivity index (χ3n) is 13.1. The summed E-state index contributed by atoms with van der Waals surface area (Å²) in [5.74, 6) is 0. The van der Waals surface area contributed by atoms with Gasteiger partial charge in [0.15, 0.2) is 0 Å². The van der Waals surface area contributed by atoms with Crippen molar-refractivity contribution in [2.45, 2.75) is 0 Å². The van der Waals surface area contributed by atoms with Crippen LogP contribution in [0, 0.1) is 0 Å². The van der Waals surface area contributed by atoms with Crippen LogP contribution in [-0.4, -0.2) is 0 Å². The Labute approximate surface area is 372 Å². The first-order chi connectivity index (χ1) is 31.8. The summed E-state index contributed by atoms with van der Waals surface area (Å²) >= 11 is 0. The van der Waals surface area contributed by atoms with Crippen LogP contribution in [0.4, 0.5) is 0 Å². The Hall–Kier alpha value is -8.32. The van der Waals surface area contributed by atoms with Crippen LogP contribution in [0.15, 0.2) is 255 Å². The molecule has 64 heavy (non-hydrogen) atoms. The van der Waals surface area contributed by atoms with E-state index in [0.29, 0.717) is 0 Å². The zero-order valence-corrected chi connectivity index (χ0v) is 35.2. The van der Waals surface area contributed by atoms with E-state index in [0.717, 1.165) is 0 Å². The highest BCUT2D eigenvalue weighted by Gasteiger charge is 2.20. The maximum absolute atomic E-state index is 2.29. The van der Waals surface area contributed by atoms with Gasteiger partial charge in [-0.1, -0.05) is 255 Å². The third-order valence-corrected chi connectivity index (χ3v) is 13.1. The number of benzene rings is 13.